The van der Waals surface area contributed by atoms with Crippen LogP contribution < -0.4 is 5.73 Å². The van der Waals surface area contributed by atoms with E-state index in [0.717, 1.165) is 15.0 Å². The van der Waals surface area contributed by atoms with Gasteiger partial charge in [0, 0.05) is 28.4 Å². The molecule has 0 spiro atoms. The van der Waals surface area contributed by atoms with Crippen molar-refractivity contribution in [1.29, 1.82) is 0 Å². The quantitative estimate of drug-likeness (QED) is 0.849. The first-order valence-electron chi connectivity index (χ1n) is 4.85. The maximum atomic E-state index is 12.9. The zero-order valence-corrected chi connectivity index (χ0v) is 10.6. The Labute approximate surface area is 106 Å². The Kier molecular flexibility index (Phi) is 3.55. The molecule has 84 valence electrons. The standard InChI is InChI=1S/C11H11FIN3/c12-7-1-2-8(9(13)5-7)10(14)6-11-15-3-4-16-11/h1-5,10H,6,14H2,(H,15,16). The van der Waals surface area contributed by atoms with Crippen molar-refractivity contribution in [1.82, 2.24) is 9.97 Å². The molecule has 0 saturated heterocycles. The Morgan fingerprint density at radius 3 is 2.94 bits per heavy atom. The average Bonchev–Trinajstić information content (AvgIpc) is 2.70. The second kappa shape index (κ2) is 4.92. The fourth-order valence-corrected chi connectivity index (χ4v) is 2.41. The third kappa shape index (κ3) is 2.59. The summed E-state index contributed by atoms with van der Waals surface area (Å²) in [5, 5.41) is 0. The molecule has 1 atom stereocenters. The van der Waals surface area contributed by atoms with Crippen LogP contribution in [0.5, 0.6) is 0 Å². The predicted octanol–water partition coefficient (Wildman–Crippen LogP) is 2.40. The first-order chi connectivity index (χ1) is 7.66. The van der Waals surface area contributed by atoms with Crippen molar-refractivity contribution < 1.29 is 4.39 Å². The first kappa shape index (κ1) is 11.5. The molecule has 0 aliphatic heterocycles. The van der Waals surface area contributed by atoms with Gasteiger partial charge in [-0.2, -0.15) is 0 Å². The van der Waals surface area contributed by atoms with Crippen LogP contribution in [0.2, 0.25) is 0 Å². The minimum Gasteiger partial charge on any atom is -0.349 e. The van der Waals surface area contributed by atoms with Gasteiger partial charge in [-0.15, -0.1) is 0 Å². The van der Waals surface area contributed by atoms with Gasteiger partial charge in [-0.25, -0.2) is 9.37 Å². The van der Waals surface area contributed by atoms with Gasteiger partial charge in [0.1, 0.15) is 11.6 Å². The summed E-state index contributed by atoms with van der Waals surface area (Å²) in [6.45, 7) is 0. The third-order valence-corrected chi connectivity index (χ3v) is 3.26. The Bertz CT molecular complexity index is 470. The van der Waals surface area contributed by atoms with Crippen molar-refractivity contribution in [3.63, 3.8) is 0 Å². The highest BCUT2D eigenvalue weighted by atomic mass is 127. The van der Waals surface area contributed by atoms with Crippen molar-refractivity contribution in [2.45, 2.75) is 12.5 Å². The molecule has 3 N–H and O–H groups in total. The van der Waals surface area contributed by atoms with Crippen LogP contribution in [0.1, 0.15) is 17.4 Å². The van der Waals surface area contributed by atoms with E-state index in [1.165, 1.54) is 12.1 Å². The minimum absolute atomic E-state index is 0.168. The van der Waals surface area contributed by atoms with Crippen LogP contribution in [0.3, 0.4) is 0 Å². The molecule has 1 aromatic carbocycles. The molecule has 0 aliphatic carbocycles. The maximum absolute atomic E-state index is 12.9. The van der Waals surface area contributed by atoms with Gasteiger partial charge in [-0.1, -0.05) is 6.07 Å². The van der Waals surface area contributed by atoms with Gasteiger partial charge in [-0.3, -0.25) is 0 Å². The largest absolute Gasteiger partial charge is 0.349 e. The van der Waals surface area contributed by atoms with Crippen molar-refractivity contribution in [3.8, 4) is 0 Å². The van der Waals surface area contributed by atoms with E-state index in [1.807, 2.05) is 0 Å². The van der Waals surface area contributed by atoms with Gasteiger partial charge in [0.25, 0.3) is 0 Å². The number of H-pyrrole nitrogens is 1. The minimum atomic E-state index is -0.238. The van der Waals surface area contributed by atoms with E-state index < -0.39 is 0 Å². The van der Waals surface area contributed by atoms with Crippen LogP contribution in [0.15, 0.2) is 30.6 Å². The zero-order chi connectivity index (χ0) is 11.5. The predicted molar refractivity (Wildman–Crippen MR) is 68.3 cm³/mol. The van der Waals surface area contributed by atoms with Crippen LogP contribution in [0, 0.1) is 9.39 Å². The molecular formula is C11H11FIN3. The number of nitrogens with zero attached hydrogens (tertiary/aromatic N) is 1. The summed E-state index contributed by atoms with van der Waals surface area (Å²) in [7, 11) is 0. The second-order valence-electron chi connectivity index (χ2n) is 3.51. The van der Waals surface area contributed by atoms with E-state index in [2.05, 4.69) is 32.6 Å². The average molecular weight is 331 g/mol. The Balaban J connectivity index is 2.17. The van der Waals surface area contributed by atoms with E-state index in [4.69, 9.17) is 5.73 Å². The SMILES string of the molecule is NC(Cc1ncc[nH]1)c1ccc(F)cc1I. The lowest BCUT2D eigenvalue weighted by atomic mass is 10.0. The first-order valence-corrected chi connectivity index (χ1v) is 5.93. The molecule has 1 heterocycles. The molecule has 1 aromatic heterocycles. The third-order valence-electron chi connectivity index (χ3n) is 2.33. The summed E-state index contributed by atoms with van der Waals surface area (Å²) in [6, 6.07) is 4.47. The number of nitrogens with one attached hydrogen (secondary N) is 1. The summed E-state index contributed by atoms with van der Waals surface area (Å²) in [5.41, 5.74) is 6.99. The summed E-state index contributed by atoms with van der Waals surface area (Å²) in [5.74, 6) is 0.603. The van der Waals surface area contributed by atoms with Crippen molar-refractivity contribution >= 4 is 22.6 Å². The molecule has 16 heavy (non-hydrogen) atoms. The molecule has 0 aliphatic rings. The Morgan fingerprint density at radius 1 is 1.50 bits per heavy atom. The van der Waals surface area contributed by atoms with Crippen molar-refractivity contribution in [2.24, 2.45) is 5.73 Å². The summed E-state index contributed by atoms with van der Waals surface area (Å²) in [6.07, 6.45) is 4.07. The van der Waals surface area contributed by atoms with Crippen LogP contribution in [-0.4, -0.2) is 9.97 Å². The van der Waals surface area contributed by atoms with Crippen LogP contribution in [0.4, 0.5) is 4.39 Å². The number of hydrogen-bond donors (Lipinski definition) is 2. The van der Waals surface area contributed by atoms with E-state index in [9.17, 15) is 4.39 Å². The van der Waals surface area contributed by atoms with E-state index >= 15 is 0 Å². The maximum Gasteiger partial charge on any atom is 0.124 e. The van der Waals surface area contributed by atoms with Gasteiger partial charge in [0.2, 0.25) is 0 Å². The Morgan fingerprint density at radius 2 is 2.31 bits per heavy atom. The molecule has 0 amide bonds. The molecule has 3 nitrogen and oxygen atoms in total. The molecule has 0 fully saturated rings. The van der Waals surface area contributed by atoms with Gasteiger partial charge in [0.15, 0.2) is 0 Å². The Hall–Kier alpha value is -0.950. The monoisotopic (exact) mass is 331 g/mol. The molecular weight excluding hydrogens is 320 g/mol. The lowest BCUT2D eigenvalue weighted by molar-refractivity contribution is 0.621. The molecule has 2 rings (SSSR count). The highest BCUT2D eigenvalue weighted by molar-refractivity contribution is 14.1. The number of rotatable bonds is 3. The number of aromatic amines is 1. The smallest absolute Gasteiger partial charge is 0.124 e. The molecule has 5 heteroatoms. The topological polar surface area (TPSA) is 54.7 Å². The normalized spacial score (nSPS) is 12.7. The van der Waals surface area contributed by atoms with E-state index in [-0.39, 0.29) is 11.9 Å². The fraction of sp³-hybridized carbons (Fsp3) is 0.182. The van der Waals surface area contributed by atoms with Crippen molar-refractivity contribution in [3.05, 3.63) is 51.4 Å². The van der Waals surface area contributed by atoms with Gasteiger partial charge in [-0.05, 0) is 40.3 Å². The molecule has 0 radical (unpaired) electrons. The summed E-state index contributed by atoms with van der Waals surface area (Å²) in [4.78, 5) is 7.12. The van der Waals surface area contributed by atoms with Gasteiger partial charge >= 0.3 is 0 Å². The van der Waals surface area contributed by atoms with Gasteiger partial charge < -0.3 is 10.7 Å². The van der Waals surface area contributed by atoms with Crippen molar-refractivity contribution in [2.75, 3.05) is 0 Å². The number of aromatic nitrogens is 2. The van der Waals surface area contributed by atoms with Crippen LogP contribution in [-0.2, 0) is 6.42 Å². The number of imidazole rings is 1. The lowest BCUT2D eigenvalue weighted by Crippen LogP contribution is -2.15. The van der Waals surface area contributed by atoms with Gasteiger partial charge in [0.05, 0.1) is 0 Å². The highest BCUT2D eigenvalue weighted by Gasteiger charge is 2.12. The summed E-state index contributed by atoms with van der Waals surface area (Å²) < 4.78 is 13.8. The number of hydrogen-bond acceptors (Lipinski definition) is 2. The molecule has 2 aromatic rings. The summed E-state index contributed by atoms with van der Waals surface area (Å²) >= 11 is 2.09. The number of nitrogens with two attached hydrogens (primary N) is 1. The molecule has 0 bridgehead atoms. The second-order valence-corrected chi connectivity index (χ2v) is 4.67. The molecule has 1 unspecified atom stereocenters. The highest BCUT2D eigenvalue weighted by Crippen LogP contribution is 2.21. The van der Waals surface area contributed by atoms with E-state index in [1.54, 1.807) is 18.5 Å². The number of halogens is 2. The van der Waals surface area contributed by atoms with Crippen LogP contribution >= 0.6 is 22.6 Å². The van der Waals surface area contributed by atoms with E-state index in [0.29, 0.717) is 6.42 Å². The zero-order valence-electron chi connectivity index (χ0n) is 8.45. The number of benzene rings is 1. The fourth-order valence-electron chi connectivity index (χ4n) is 1.53. The molecule has 0 saturated carbocycles. The lowest BCUT2D eigenvalue weighted by Gasteiger charge is -2.12. The van der Waals surface area contributed by atoms with Crippen LogP contribution in [0.25, 0.3) is 0 Å².